The number of nitrogens with one attached hydrogen (secondary N) is 4. The van der Waals surface area contributed by atoms with Crippen LogP contribution >= 0.6 is 0 Å². The Morgan fingerprint density at radius 1 is 0.556 bits per heavy atom. The number of aliphatic hydroxyl groups is 1. The van der Waals surface area contributed by atoms with Crippen LogP contribution in [0.1, 0.15) is 145 Å². The molecule has 2 aromatic rings. The molecule has 6 N–H and O–H groups in total. The van der Waals surface area contributed by atoms with Crippen molar-refractivity contribution in [1.82, 2.24) is 60.5 Å². The molecule has 4 unspecified atom stereocenters. The number of phenols is 1. The second kappa shape index (κ2) is 36.1. The number of benzene rings is 2. The molecular weight excluding hydrogens is 1270 g/mol. The third kappa shape index (κ3) is 21.2. The monoisotopic (exact) mass is 1380 g/mol. The van der Waals surface area contributed by atoms with E-state index in [-0.39, 0.29) is 79.8 Å². The summed E-state index contributed by atoms with van der Waals surface area (Å²) in [4.78, 5) is 175. The molecule has 6 rings (SSSR count). The van der Waals surface area contributed by atoms with Gasteiger partial charge < -0.3 is 70.1 Å². The number of hydrogen-bond acceptors (Lipinski definition) is 15. The lowest BCUT2D eigenvalue weighted by molar-refractivity contribution is -0.150. The largest absolute Gasteiger partial charge is 0.508 e. The number of carbonyl (C=O) groups is 11. The van der Waals surface area contributed by atoms with Gasteiger partial charge in [0.1, 0.15) is 66.4 Å². The van der Waals surface area contributed by atoms with Crippen LogP contribution in [0.15, 0.2) is 54.6 Å². The first-order chi connectivity index (χ1) is 46.6. The summed E-state index contributed by atoms with van der Waals surface area (Å²) < 4.78 is 6.43. The number of epoxide rings is 1. The van der Waals surface area contributed by atoms with Gasteiger partial charge in [0.05, 0.1) is 31.2 Å². The second-order valence-electron chi connectivity index (χ2n) is 29.6. The summed E-state index contributed by atoms with van der Waals surface area (Å²) in [6.45, 7) is 18.3. The highest BCUT2D eigenvalue weighted by atomic mass is 16.6. The zero-order valence-electron chi connectivity index (χ0n) is 61.6. The van der Waals surface area contributed by atoms with Crippen molar-refractivity contribution in [3.8, 4) is 5.75 Å². The van der Waals surface area contributed by atoms with Crippen molar-refractivity contribution in [1.29, 1.82) is 0 Å². The molecule has 550 valence electrons. The average molecular weight is 1380 g/mol. The first kappa shape index (κ1) is 80.3. The number of fused-ring (bicyclic) bond motifs is 5. The van der Waals surface area contributed by atoms with Crippen LogP contribution in [0.5, 0.6) is 5.75 Å². The summed E-state index contributed by atoms with van der Waals surface area (Å²) in [6.07, 6.45) is 0.355. The van der Waals surface area contributed by atoms with Gasteiger partial charge in [-0.25, -0.2) is 0 Å². The van der Waals surface area contributed by atoms with Crippen molar-refractivity contribution in [3.05, 3.63) is 65.7 Å². The van der Waals surface area contributed by atoms with E-state index in [9.17, 15) is 43.8 Å². The molecule has 4 heterocycles. The van der Waals surface area contributed by atoms with E-state index in [1.807, 2.05) is 78.8 Å². The van der Waals surface area contributed by atoms with Crippen molar-refractivity contribution < 1.29 is 67.7 Å². The number of rotatable bonds is 12. The number of ether oxygens (including phenoxy) is 1. The van der Waals surface area contributed by atoms with Crippen molar-refractivity contribution in [2.24, 2.45) is 29.6 Å². The SMILES string of the molecule is CC[C@H]1C(=O)N[C@@H](Cc2ccc(O)cc2)C(=O)N(C)[C@H]2CC(C)CC(C)C[C@@H](C3OC3N[C@@H](C(C)C)C(=O)N(C)[C@@H](Cc3ccccc3)C(=O)N(C)[C@@H](CC(C)C)C(=O)N[C@@H]([C@@H](C)O)C(=O)N(C)CC(=O)N(C)[C@@H](CC(C)C)C(=O)N[C@H](C(=O)N3CCCCC3)CC(=O)N1C)N(C)C2=O. The lowest BCUT2D eigenvalue weighted by Crippen LogP contribution is -2.61. The molecule has 26 nitrogen and oxygen atoms in total. The summed E-state index contributed by atoms with van der Waals surface area (Å²) in [5, 5.41) is 33.4. The summed E-state index contributed by atoms with van der Waals surface area (Å²) >= 11 is 0. The standard InChI is InChI=1S/C73H114N12O14/c1-18-53-64(90)74-51(38-49-27-29-50(87)30-28-49)68(93)83(16)57-37-46(9)35-45(8)36-54(81(14)70(57)95)63-67(99-63)77-61(44(6)7)73(98)84(17)58(39-48-25-21-19-22-26-48)71(96)82(15)56(34-43(4)5)66(92)76-62(47(10)86)72(97)78(11)41-60(89)80(13)55(33-42(2)3)65(91)75-52(40-59(88)79(53)12)69(94)85-31-23-20-24-32-85/h19,21-22,25-30,42-47,51-58,61-63,67,77,86-87H,18,20,23-24,31-41H2,1-17H3,(H,74,90)(H,75,91)(H,76,92)/t45?,46?,47-,51+,52+,53+,54+,55+,56+,57+,58+,61+,62+,63?,67?/m1/s1. The van der Waals surface area contributed by atoms with Gasteiger partial charge in [0.25, 0.3) is 0 Å². The fourth-order valence-electron chi connectivity index (χ4n) is 14.2. The minimum atomic E-state index is -1.64. The Kier molecular flexibility index (Phi) is 29.2. The molecule has 0 saturated carbocycles. The van der Waals surface area contributed by atoms with Crippen molar-refractivity contribution in [2.45, 2.75) is 225 Å². The average Bonchev–Trinajstić information content (AvgIpc) is 1.65. The lowest BCUT2D eigenvalue weighted by Gasteiger charge is -2.37. The maximum Gasteiger partial charge on any atom is 0.248 e. The Labute approximate surface area is 585 Å². The van der Waals surface area contributed by atoms with E-state index >= 15 is 19.2 Å². The lowest BCUT2D eigenvalue weighted by atomic mass is 9.88. The molecule has 4 fully saturated rings. The van der Waals surface area contributed by atoms with Crippen molar-refractivity contribution in [2.75, 3.05) is 69.0 Å². The molecule has 0 radical (unpaired) electrons. The normalized spacial score (nSPS) is 29.4. The minimum Gasteiger partial charge on any atom is -0.508 e. The topological polar surface area (TPSA) is 315 Å². The predicted octanol–water partition coefficient (Wildman–Crippen LogP) is 3.15. The van der Waals surface area contributed by atoms with E-state index in [4.69, 9.17) is 4.74 Å². The van der Waals surface area contributed by atoms with Gasteiger partial charge in [-0.3, -0.25) is 58.1 Å². The van der Waals surface area contributed by atoms with E-state index < -0.39 is 151 Å². The van der Waals surface area contributed by atoms with Gasteiger partial charge in [-0.2, -0.15) is 0 Å². The van der Waals surface area contributed by atoms with E-state index in [1.54, 1.807) is 35.9 Å². The molecule has 4 aliphatic rings. The van der Waals surface area contributed by atoms with E-state index in [0.717, 1.165) is 21.8 Å². The molecule has 4 aliphatic heterocycles. The van der Waals surface area contributed by atoms with Crippen molar-refractivity contribution in [3.63, 3.8) is 0 Å². The predicted molar refractivity (Wildman–Crippen MR) is 373 cm³/mol. The number of hydrogen-bond donors (Lipinski definition) is 6. The van der Waals surface area contributed by atoms with E-state index in [2.05, 4.69) is 28.2 Å². The van der Waals surface area contributed by atoms with Crippen LogP contribution in [0.3, 0.4) is 0 Å². The van der Waals surface area contributed by atoms with Gasteiger partial charge in [0.2, 0.25) is 65.0 Å². The van der Waals surface area contributed by atoms with E-state index in [1.165, 1.54) is 80.9 Å². The highest BCUT2D eigenvalue weighted by Gasteiger charge is 2.52. The highest BCUT2D eigenvalue weighted by Crippen LogP contribution is 2.36. The number of likely N-dealkylation sites (N-methyl/N-ethyl adjacent to an activating group) is 7. The summed E-state index contributed by atoms with van der Waals surface area (Å²) in [7, 11) is 10.3. The number of amides is 11. The Bertz CT molecular complexity index is 3130. The Balaban J connectivity index is 1.45. The molecule has 15 atom stereocenters. The fraction of sp³-hybridized carbons (Fsp3) is 0.685. The number of carbonyl (C=O) groups excluding carboxylic acids is 11. The van der Waals surface area contributed by atoms with Gasteiger partial charge >= 0.3 is 0 Å². The quantitative estimate of drug-likeness (QED) is 0.166. The third-order valence-electron chi connectivity index (χ3n) is 20.2. The first-order valence-corrected chi connectivity index (χ1v) is 35.5. The van der Waals surface area contributed by atoms with Gasteiger partial charge in [0.15, 0.2) is 0 Å². The van der Waals surface area contributed by atoms with Gasteiger partial charge in [0, 0.05) is 75.3 Å². The molecule has 11 amide bonds. The molecule has 2 bridgehead atoms. The molecular formula is C73H114N12O14. The molecule has 0 aliphatic carbocycles. The molecule has 4 saturated heterocycles. The summed E-state index contributed by atoms with van der Waals surface area (Å²) in [5.74, 6) is -7.97. The smallest absolute Gasteiger partial charge is 0.248 e. The van der Waals surface area contributed by atoms with Crippen LogP contribution in [0.4, 0.5) is 0 Å². The Morgan fingerprint density at radius 2 is 1.10 bits per heavy atom. The Hall–Kier alpha value is -7.71. The number of phenolic OH excluding ortho intramolecular Hbond substituents is 1. The van der Waals surface area contributed by atoms with Gasteiger partial charge in [-0.15, -0.1) is 0 Å². The zero-order valence-corrected chi connectivity index (χ0v) is 61.6. The van der Waals surface area contributed by atoms with Crippen LogP contribution < -0.4 is 21.3 Å². The van der Waals surface area contributed by atoms with Gasteiger partial charge in [-0.1, -0.05) is 105 Å². The molecule has 26 heteroatoms. The van der Waals surface area contributed by atoms with Crippen LogP contribution in [0, 0.1) is 29.6 Å². The fourth-order valence-corrected chi connectivity index (χ4v) is 14.2. The number of nitrogens with zero attached hydrogens (tertiary/aromatic N) is 8. The Morgan fingerprint density at radius 3 is 1.68 bits per heavy atom. The number of likely N-dealkylation sites (tertiary alicyclic amines) is 1. The molecule has 2 aromatic carbocycles. The minimum absolute atomic E-state index is 0.0274. The van der Waals surface area contributed by atoms with E-state index in [0.29, 0.717) is 44.3 Å². The molecule has 0 spiro atoms. The number of aliphatic hydroxyl groups excluding tert-OH is 1. The number of aromatic hydroxyl groups is 1. The third-order valence-corrected chi connectivity index (χ3v) is 20.2. The van der Waals surface area contributed by atoms with Crippen LogP contribution in [0.2, 0.25) is 0 Å². The van der Waals surface area contributed by atoms with Crippen LogP contribution in [-0.2, 0) is 70.3 Å². The summed E-state index contributed by atoms with van der Waals surface area (Å²) in [5.41, 5.74) is 1.28. The maximum atomic E-state index is 15.4. The zero-order chi connectivity index (χ0) is 73.6. The first-order valence-electron chi connectivity index (χ1n) is 35.5. The van der Waals surface area contributed by atoms with Crippen LogP contribution in [0.25, 0.3) is 0 Å². The maximum absolute atomic E-state index is 15.4. The highest BCUT2D eigenvalue weighted by molar-refractivity contribution is 5.99. The van der Waals surface area contributed by atoms with Crippen molar-refractivity contribution >= 4 is 65.0 Å². The number of piperidine rings is 1. The van der Waals surface area contributed by atoms with Gasteiger partial charge in [-0.05, 0) is 118 Å². The molecule has 99 heavy (non-hydrogen) atoms. The summed E-state index contributed by atoms with van der Waals surface area (Å²) in [6, 6.07) is 3.38. The van der Waals surface area contributed by atoms with Crippen LogP contribution in [-0.4, -0.2) is 262 Å². The second-order valence-corrected chi connectivity index (χ2v) is 29.6. The molecule has 0 aromatic heterocycles.